The van der Waals surface area contributed by atoms with Gasteiger partial charge in [-0.2, -0.15) is 0 Å². The van der Waals surface area contributed by atoms with Gasteiger partial charge in [-0.25, -0.2) is 9.78 Å². The number of nitrogens with two attached hydrogens (primary N) is 1. The molecule has 0 saturated carbocycles. The predicted octanol–water partition coefficient (Wildman–Crippen LogP) is 1.32. The number of halogens is 3. The van der Waals surface area contributed by atoms with E-state index in [2.05, 4.69) is 14.5 Å². The number of alkyl halides is 3. The molecule has 6 nitrogen and oxygen atoms in total. The third-order valence-corrected chi connectivity index (χ3v) is 1.96. The lowest BCUT2D eigenvalue weighted by Crippen LogP contribution is -2.20. The molecule has 1 heterocycles. The average molecular weight is 280 g/mol. The molecule has 106 valence electrons. The van der Waals surface area contributed by atoms with E-state index in [4.69, 9.17) is 5.73 Å². The summed E-state index contributed by atoms with van der Waals surface area (Å²) in [6.45, 7) is 1.25. The Morgan fingerprint density at radius 3 is 2.63 bits per heavy atom. The monoisotopic (exact) mass is 280 g/mol. The largest absolute Gasteiger partial charge is 0.574 e. The summed E-state index contributed by atoms with van der Waals surface area (Å²) in [7, 11) is 0. The van der Waals surface area contributed by atoms with Gasteiger partial charge >= 0.3 is 12.3 Å². The second kappa shape index (κ2) is 5.74. The van der Waals surface area contributed by atoms with Gasteiger partial charge in [0.15, 0.2) is 11.4 Å². The summed E-state index contributed by atoms with van der Waals surface area (Å²) in [5.74, 6) is -2.95. The van der Waals surface area contributed by atoms with Crippen molar-refractivity contribution >= 4 is 5.97 Å². The number of nitrogens with zero attached hydrogens (tertiary/aromatic N) is 1. The van der Waals surface area contributed by atoms with Crippen LogP contribution in [-0.2, 0) is 11.3 Å². The van der Waals surface area contributed by atoms with Crippen LogP contribution in [0, 0.1) is 0 Å². The van der Waals surface area contributed by atoms with Crippen molar-refractivity contribution in [1.82, 2.24) is 4.98 Å². The number of carbonyl (C=O) groups excluding carboxylic acids is 1. The minimum Gasteiger partial charge on any atom is -0.503 e. The lowest BCUT2D eigenvalue weighted by Gasteiger charge is -2.12. The van der Waals surface area contributed by atoms with Gasteiger partial charge in [0.25, 0.3) is 5.88 Å². The van der Waals surface area contributed by atoms with Gasteiger partial charge in [0.2, 0.25) is 0 Å². The summed E-state index contributed by atoms with van der Waals surface area (Å²) in [4.78, 5) is 14.7. The number of aromatic hydroxyl groups is 1. The van der Waals surface area contributed by atoms with E-state index in [1.165, 1.54) is 6.92 Å². The zero-order valence-electron chi connectivity index (χ0n) is 9.82. The van der Waals surface area contributed by atoms with Crippen LogP contribution in [0.2, 0.25) is 0 Å². The van der Waals surface area contributed by atoms with E-state index in [1.54, 1.807) is 0 Å². The molecule has 0 aliphatic heterocycles. The molecular formula is C10H11F3N2O4. The summed E-state index contributed by atoms with van der Waals surface area (Å²) in [5.41, 5.74) is 4.70. The highest BCUT2D eigenvalue weighted by molar-refractivity contribution is 5.88. The van der Waals surface area contributed by atoms with Crippen molar-refractivity contribution in [2.24, 2.45) is 5.73 Å². The normalized spacial score (nSPS) is 11.2. The van der Waals surface area contributed by atoms with Crippen LogP contribution in [0.4, 0.5) is 13.2 Å². The Hall–Kier alpha value is -2.03. The maximum atomic E-state index is 12.1. The molecule has 1 aromatic rings. The first-order chi connectivity index (χ1) is 8.78. The number of esters is 1. The van der Waals surface area contributed by atoms with Gasteiger partial charge in [-0.05, 0) is 13.0 Å². The lowest BCUT2D eigenvalue weighted by molar-refractivity contribution is -0.276. The van der Waals surface area contributed by atoms with Crippen molar-refractivity contribution in [3.63, 3.8) is 0 Å². The van der Waals surface area contributed by atoms with Crippen LogP contribution in [0.3, 0.4) is 0 Å². The Bertz CT molecular complexity index is 477. The zero-order chi connectivity index (χ0) is 14.6. The van der Waals surface area contributed by atoms with E-state index in [0.29, 0.717) is 0 Å². The molecule has 0 aliphatic rings. The van der Waals surface area contributed by atoms with Crippen LogP contribution in [0.15, 0.2) is 6.07 Å². The number of hydrogen-bond donors (Lipinski definition) is 2. The van der Waals surface area contributed by atoms with Crippen LogP contribution in [0.25, 0.3) is 0 Å². The molecule has 0 aliphatic carbocycles. The van der Waals surface area contributed by atoms with Gasteiger partial charge in [-0.3, -0.25) is 0 Å². The van der Waals surface area contributed by atoms with E-state index >= 15 is 0 Å². The van der Waals surface area contributed by atoms with E-state index in [1.807, 2.05) is 0 Å². The first-order valence-corrected chi connectivity index (χ1v) is 5.14. The van der Waals surface area contributed by atoms with Crippen molar-refractivity contribution in [3.8, 4) is 11.6 Å². The molecule has 3 N–H and O–H groups in total. The van der Waals surface area contributed by atoms with E-state index < -0.39 is 29.7 Å². The SMILES string of the molecule is CCOC(=O)c1cc(CN)c(O)c(OC(F)(F)F)n1. The second-order valence-corrected chi connectivity index (χ2v) is 3.29. The van der Waals surface area contributed by atoms with Crippen LogP contribution in [0.5, 0.6) is 11.6 Å². The minimum atomic E-state index is -5.05. The van der Waals surface area contributed by atoms with Crippen molar-refractivity contribution in [2.75, 3.05) is 6.61 Å². The fraction of sp³-hybridized carbons (Fsp3) is 0.400. The first kappa shape index (κ1) is 15.0. The van der Waals surface area contributed by atoms with Gasteiger partial charge in [-0.1, -0.05) is 0 Å². The molecule has 19 heavy (non-hydrogen) atoms. The summed E-state index contributed by atoms with van der Waals surface area (Å²) in [5, 5.41) is 9.47. The smallest absolute Gasteiger partial charge is 0.503 e. The highest BCUT2D eigenvalue weighted by Gasteiger charge is 2.34. The van der Waals surface area contributed by atoms with Gasteiger partial charge in [0, 0.05) is 12.1 Å². The molecular weight excluding hydrogens is 269 g/mol. The third kappa shape index (κ3) is 3.98. The predicted molar refractivity (Wildman–Crippen MR) is 56.4 cm³/mol. The molecule has 1 rings (SSSR count). The molecule has 0 aromatic carbocycles. The fourth-order valence-electron chi connectivity index (χ4n) is 1.21. The average Bonchev–Trinajstić information content (AvgIpc) is 2.30. The second-order valence-electron chi connectivity index (χ2n) is 3.29. The van der Waals surface area contributed by atoms with Crippen LogP contribution >= 0.6 is 0 Å². The van der Waals surface area contributed by atoms with Gasteiger partial charge in [-0.15, -0.1) is 13.2 Å². The third-order valence-electron chi connectivity index (χ3n) is 1.96. The number of carbonyl (C=O) groups is 1. The van der Waals surface area contributed by atoms with Gasteiger partial charge in [0.1, 0.15) is 0 Å². The van der Waals surface area contributed by atoms with Crippen LogP contribution in [0.1, 0.15) is 23.0 Å². The molecule has 0 saturated heterocycles. The molecule has 0 spiro atoms. The molecule has 0 amide bonds. The van der Waals surface area contributed by atoms with Gasteiger partial charge < -0.3 is 20.3 Å². The highest BCUT2D eigenvalue weighted by atomic mass is 19.4. The topological polar surface area (TPSA) is 94.7 Å². The van der Waals surface area contributed by atoms with Crippen molar-refractivity contribution in [2.45, 2.75) is 19.8 Å². The first-order valence-electron chi connectivity index (χ1n) is 5.14. The van der Waals surface area contributed by atoms with Crippen molar-refractivity contribution < 1.29 is 32.5 Å². The summed E-state index contributed by atoms with van der Waals surface area (Å²) in [6, 6.07) is 1.04. The highest BCUT2D eigenvalue weighted by Crippen LogP contribution is 2.32. The Morgan fingerprint density at radius 1 is 1.53 bits per heavy atom. The molecule has 0 fully saturated rings. The molecule has 0 unspecified atom stereocenters. The molecule has 9 heteroatoms. The van der Waals surface area contributed by atoms with Crippen molar-refractivity contribution in [3.05, 3.63) is 17.3 Å². The number of ether oxygens (including phenoxy) is 2. The molecule has 0 bridgehead atoms. The summed E-state index contributed by atoms with van der Waals surface area (Å²) < 4.78 is 44.5. The van der Waals surface area contributed by atoms with Crippen LogP contribution < -0.4 is 10.5 Å². The van der Waals surface area contributed by atoms with E-state index in [0.717, 1.165) is 6.07 Å². The molecule has 0 atom stereocenters. The quantitative estimate of drug-likeness (QED) is 0.808. The standard InChI is InChI=1S/C10H11F3N2O4/c1-2-18-9(17)6-3-5(4-14)7(16)8(15-6)19-10(11,12)13/h3,16H,2,4,14H2,1H3. The minimum absolute atomic E-state index is 0.0226. The fourth-order valence-corrected chi connectivity index (χ4v) is 1.21. The Balaban J connectivity index is 3.22. The Labute approximate surface area is 105 Å². The van der Waals surface area contributed by atoms with Crippen molar-refractivity contribution in [1.29, 1.82) is 0 Å². The number of aromatic nitrogens is 1. The molecule has 0 radical (unpaired) electrons. The number of pyridine rings is 1. The van der Waals surface area contributed by atoms with Gasteiger partial charge in [0.05, 0.1) is 6.61 Å². The summed E-state index contributed by atoms with van der Waals surface area (Å²) >= 11 is 0. The number of hydrogen-bond acceptors (Lipinski definition) is 6. The van der Waals surface area contributed by atoms with Crippen LogP contribution in [-0.4, -0.2) is 29.0 Å². The number of rotatable bonds is 4. The maximum Gasteiger partial charge on any atom is 0.574 e. The molecule has 1 aromatic heterocycles. The Kier molecular flexibility index (Phi) is 4.54. The lowest BCUT2D eigenvalue weighted by atomic mass is 10.2. The van der Waals surface area contributed by atoms with E-state index in [9.17, 15) is 23.1 Å². The zero-order valence-corrected chi connectivity index (χ0v) is 9.82. The Morgan fingerprint density at radius 2 is 2.16 bits per heavy atom. The summed E-state index contributed by atoms with van der Waals surface area (Å²) in [6.07, 6.45) is -5.05. The van der Waals surface area contributed by atoms with E-state index in [-0.39, 0.29) is 18.7 Å². The maximum absolute atomic E-state index is 12.1.